The molecule has 0 bridgehead atoms. The van der Waals surface area contributed by atoms with Gasteiger partial charge in [-0.3, -0.25) is 10.1 Å². The zero-order valence-electron chi connectivity index (χ0n) is 15.5. The average Bonchev–Trinajstić information content (AvgIpc) is 3.20. The first kappa shape index (κ1) is 19.9. The third-order valence-corrected chi connectivity index (χ3v) is 5.34. The Bertz CT molecular complexity index is 1050. The largest absolute Gasteiger partial charge is 0.416 e. The molecule has 3 aromatic rings. The second kappa shape index (κ2) is 7.45. The van der Waals surface area contributed by atoms with Gasteiger partial charge in [0.15, 0.2) is 0 Å². The zero-order valence-corrected chi connectivity index (χ0v) is 15.5. The predicted octanol–water partition coefficient (Wildman–Crippen LogP) is 4.17. The highest BCUT2D eigenvalue weighted by atomic mass is 19.4. The van der Waals surface area contributed by atoms with E-state index in [1.54, 1.807) is 24.5 Å². The fourth-order valence-electron chi connectivity index (χ4n) is 3.90. The standard InChI is InChI=1S/C20H17F3N4O3/c21-20(22,23)14-5-1-12(2-6-14)17-16(11-28)18(26-10-9-24-19(26)25-17)13-3-7-15(8-4-13)27(29)30/h1-10,16-18,28H,11H2,(H,24,25)/t16-,17-,18+/m0/s1. The SMILES string of the molecule is O=[N+]([O-])c1ccc([C@@H]2[C@@H](CO)[C@H](c3ccc(C(F)(F)F)cc3)Nc3nccn32)cc1. The molecule has 0 amide bonds. The fraction of sp³-hybridized carbons (Fsp3) is 0.250. The zero-order chi connectivity index (χ0) is 21.5. The van der Waals surface area contributed by atoms with Crippen LogP contribution in [0, 0.1) is 16.0 Å². The number of hydrogen-bond acceptors (Lipinski definition) is 5. The van der Waals surface area contributed by atoms with Crippen molar-refractivity contribution in [3.05, 3.63) is 87.7 Å². The molecular formula is C20H17F3N4O3. The maximum Gasteiger partial charge on any atom is 0.416 e. The van der Waals surface area contributed by atoms with Gasteiger partial charge in [0.05, 0.1) is 29.2 Å². The fourth-order valence-corrected chi connectivity index (χ4v) is 3.90. The van der Waals surface area contributed by atoms with Crippen LogP contribution in [-0.4, -0.2) is 26.2 Å². The van der Waals surface area contributed by atoms with E-state index in [-0.39, 0.29) is 12.3 Å². The highest BCUT2D eigenvalue weighted by Gasteiger charge is 2.39. The van der Waals surface area contributed by atoms with Gasteiger partial charge in [0, 0.05) is 30.4 Å². The summed E-state index contributed by atoms with van der Waals surface area (Å²) in [6.45, 7) is -0.266. The quantitative estimate of drug-likeness (QED) is 0.490. The van der Waals surface area contributed by atoms with Crippen LogP contribution in [0.2, 0.25) is 0 Å². The molecule has 3 atom stereocenters. The molecule has 0 radical (unpaired) electrons. The lowest BCUT2D eigenvalue weighted by molar-refractivity contribution is -0.384. The molecule has 0 saturated heterocycles. The molecule has 1 aliphatic heterocycles. The highest BCUT2D eigenvalue weighted by Crippen LogP contribution is 2.43. The van der Waals surface area contributed by atoms with Crippen LogP contribution in [-0.2, 0) is 6.18 Å². The number of nitro groups is 1. The van der Waals surface area contributed by atoms with Crippen LogP contribution in [0.4, 0.5) is 24.8 Å². The molecule has 0 fully saturated rings. The molecule has 2 aromatic carbocycles. The second-order valence-electron chi connectivity index (χ2n) is 7.04. The van der Waals surface area contributed by atoms with E-state index in [9.17, 15) is 28.4 Å². The van der Waals surface area contributed by atoms with Crippen molar-refractivity contribution in [1.82, 2.24) is 9.55 Å². The van der Waals surface area contributed by atoms with E-state index in [0.717, 1.165) is 17.7 Å². The van der Waals surface area contributed by atoms with Crippen molar-refractivity contribution in [1.29, 1.82) is 0 Å². The minimum atomic E-state index is -4.44. The van der Waals surface area contributed by atoms with Crippen molar-refractivity contribution in [2.45, 2.75) is 18.3 Å². The number of rotatable bonds is 4. The molecule has 7 nitrogen and oxygen atoms in total. The number of alkyl halides is 3. The predicted molar refractivity (Wildman–Crippen MR) is 102 cm³/mol. The number of halogens is 3. The Labute approximate surface area is 168 Å². The third kappa shape index (κ3) is 3.50. The van der Waals surface area contributed by atoms with E-state index < -0.39 is 34.7 Å². The maximum atomic E-state index is 12.9. The van der Waals surface area contributed by atoms with Crippen LogP contribution in [0.25, 0.3) is 0 Å². The summed E-state index contributed by atoms with van der Waals surface area (Å²) < 4.78 is 40.6. The van der Waals surface area contributed by atoms with E-state index >= 15 is 0 Å². The first-order valence-electron chi connectivity index (χ1n) is 9.11. The Hall–Kier alpha value is -3.40. The van der Waals surface area contributed by atoms with E-state index in [2.05, 4.69) is 10.3 Å². The van der Waals surface area contributed by atoms with E-state index in [4.69, 9.17) is 0 Å². The van der Waals surface area contributed by atoms with Gasteiger partial charge in [-0.05, 0) is 23.3 Å². The number of aromatic nitrogens is 2. The Morgan fingerprint density at radius 3 is 2.30 bits per heavy atom. The summed E-state index contributed by atoms with van der Waals surface area (Å²) in [6, 6.07) is 9.86. The van der Waals surface area contributed by atoms with Crippen molar-refractivity contribution in [3.63, 3.8) is 0 Å². The summed E-state index contributed by atoms with van der Waals surface area (Å²) >= 11 is 0. The number of nitro benzene ring substituents is 1. The Kier molecular flexibility index (Phi) is 4.94. The lowest BCUT2D eigenvalue weighted by Gasteiger charge is -2.40. The first-order chi connectivity index (χ1) is 14.3. The smallest absolute Gasteiger partial charge is 0.396 e. The molecule has 2 heterocycles. The molecule has 0 unspecified atom stereocenters. The van der Waals surface area contributed by atoms with Crippen molar-refractivity contribution in [3.8, 4) is 0 Å². The average molecular weight is 418 g/mol. The lowest BCUT2D eigenvalue weighted by atomic mass is 9.82. The van der Waals surface area contributed by atoms with Gasteiger partial charge in [-0.2, -0.15) is 13.2 Å². The van der Waals surface area contributed by atoms with Crippen LogP contribution in [0.1, 0.15) is 28.8 Å². The van der Waals surface area contributed by atoms with Crippen LogP contribution < -0.4 is 5.32 Å². The highest BCUT2D eigenvalue weighted by molar-refractivity contribution is 5.43. The number of imidazole rings is 1. The van der Waals surface area contributed by atoms with Gasteiger partial charge in [0.1, 0.15) is 0 Å². The molecular weight excluding hydrogens is 401 g/mol. The van der Waals surface area contributed by atoms with Crippen molar-refractivity contribution >= 4 is 11.6 Å². The molecule has 4 rings (SSSR count). The maximum absolute atomic E-state index is 12.9. The summed E-state index contributed by atoms with van der Waals surface area (Å²) in [4.78, 5) is 14.7. The number of benzene rings is 2. The number of aliphatic hydroxyl groups is 1. The van der Waals surface area contributed by atoms with E-state index in [0.29, 0.717) is 11.5 Å². The normalized spacial score (nSPS) is 21.0. The summed E-state index contributed by atoms with van der Waals surface area (Å²) in [5.74, 6) is 0.0397. The van der Waals surface area contributed by atoms with Crippen molar-refractivity contribution < 1.29 is 23.2 Å². The molecule has 30 heavy (non-hydrogen) atoms. The number of hydrogen-bond donors (Lipinski definition) is 2. The van der Waals surface area contributed by atoms with Crippen LogP contribution in [0.3, 0.4) is 0 Å². The Balaban J connectivity index is 1.74. The summed E-state index contributed by atoms with van der Waals surface area (Å²) in [6.07, 6.45) is -1.14. The number of nitrogens with one attached hydrogen (secondary N) is 1. The summed E-state index contributed by atoms with van der Waals surface area (Å²) in [5, 5.41) is 24.3. The number of anilines is 1. The second-order valence-corrected chi connectivity index (χ2v) is 7.04. The van der Waals surface area contributed by atoms with Gasteiger partial charge in [0.25, 0.3) is 5.69 Å². The molecule has 0 aliphatic carbocycles. The Morgan fingerprint density at radius 2 is 1.73 bits per heavy atom. The number of non-ortho nitro benzene ring substituents is 1. The summed E-state index contributed by atoms with van der Waals surface area (Å²) in [5.41, 5.74) is 0.481. The number of aliphatic hydroxyl groups excluding tert-OH is 1. The van der Waals surface area contributed by atoms with Gasteiger partial charge in [0.2, 0.25) is 5.95 Å². The molecule has 1 aliphatic rings. The number of fused-ring (bicyclic) bond motifs is 1. The van der Waals surface area contributed by atoms with Gasteiger partial charge < -0.3 is 15.0 Å². The van der Waals surface area contributed by atoms with E-state index in [1.165, 1.54) is 24.3 Å². The molecule has 0 saturated carbocycles. The molecule has 10 heteroatoms. The third-order valence-electron chi connectivity index (χ3n) is 5.34. The lowest BCUT2D eigenvalue weighted by Crippen LogP contribution is -2.38. The number of nitrogens with zero attached hydrogens (tertiary/aromatic N) is 3. The van der Waals surface area contributed by atoms with Crippen LogP contribution in [0.5, 0.6) is 0 Å². The van der Waals surface area contributed by atoms with E-state index in [1.807, 2.05) is 4.57 Å². The molecule has 2 N–H and O–H groups in total. The Morgan fingerprint density at radius 1 is 1.10 bits per heavy atom. The molecule has 1 aromatic heterocycles. The molecule has 156 valence electrons. The minimum absolute atomic E-state index is 0.0571. The van der Waals surface area contributed by atoms with Gasteiger partial charge in [-0.1, -0.05) is 24.3 Å². The van der Waals surface area contributed by atoms with Crippen molar-refractivity contribution in [2.24, 2.45) is 5.92 Å². The van der Waals surface area contributed by atoms with Crippen LogP contribution in [0.15, 0.2) is 60.9 Å². The first-order valence-corrected chi connectivity index (χ1v) is 9.11. The van der Waals surface area contributed by atoms with Crippen molar-refractivity contribution in [2.75, 3.05) is 11.9 Å². The van der Waals surface area contributed by atoms with Gasteiger partial charge in [-0.25, -0.2) is 4.98 Å². The summed E-state index contributed by atoms with van der Waals surface area (Å²) in [7, 11) is 0. The minimum Gasteiger partial charge on any atom is -0.396 e. The van der Waals surface area contributed by atoms with Gasteiger partial charge >= 0.3 is 6.18 Å². The van der Waals surface area contributed by atoms with Gasteiger partial charge in [-0.15, -0.1) is 0 Å². The van der Waals surface area contributed by atoms with Crippen LogP contribution >= 0.6 is 0 Å². The topological polar surface area (TPSA) is 93.2 Å². The molecule has 0 spiro atoms. The monoisotopic (exact) mass is 418 g/mol.